The van der Waals surface area contributed by atoms with Crippen LogP contribution < -0.4 is 11.2 Å². The summed E-state index contributed by atoms with van der Waals surface area (Å²) in [6.45, 7) is -0.623. The molecule has 5 aromatic rings. The topological polar surface area (TPSA) is 149 Å². The first kappa shape index (κ1) is 34.3. The Morgan fingerprint density at radius 1 is 0.608 bits per heavy atom. The van der Waals surface area contributed by atoms with E-state index in [0.29, 0.717) is 0 Å². The molecule has 0 N–H and O–H groups in total. The van der Waals surface area contributed by atoms with Gasteiger partial charge in [0.1, 0.15) is 24.3 Å². The summed E-state index contributed by atoms with van der Waals surface area (Å²) < 4.78 is 51.3. The van der Waals surface area contributed by atoms with E-state index >= 15 is 0 Å². The molecule has 1 aliphatic rings. The molecule has 0 radical (unpaired) electrons. The summed E-state index contributed by atoms with van der Waals surface area (Å²) in [4.78, 5) is 79.8. The summed E-state index contributed by atoms with van der Waals surface area (Å²) in [5.74, 6) is -5.04. The summed E-state index contributed by atoms with van der Waals surface area (Å²) in [7, 11) is 0. The second-order valence-corrected chi connectivity index (χ2v) is 11.1. The molecule has 1 saturated heterocycles. The number of aromatic nitrogens is 2. The Hall–Kier alpha value is -6.54. The van der Waals surface area contributed by atoms with Gasteiger partial charge in [-0.15, -0.1) is 0 Å². The molecule has 1 aromatic heterocycles. The molecule has 0 aliphatic carbocycles. The van der Waals surface area contributed by atoms with Gasteiger partial charge in [0.05, 0.1) is 16.7 Å². The number of carbonyl (C=O) groups is 4. The largest absolute Gasteiger partial charge is 0.459 e. The van der Waals surface area contributed by atoms with Gasteiger partial charge in [0, 0.05) is 17.8 Å². The number of hydrogen-bond donors (Lipinski definition) is 0. The zero-order valence-corrected chi connectivity index (χ0v) is 26.3. The van der Waals surface area contributed by atoms with Gasteiger partial charge in [0.15, 0.2) is 18.4 Å². The highest BCUT2D eigenvalue weighted by Gasteiger charge is 2.52. The van der Waals surface area contributed by atoms with Gasteiger partial charge in [0.2, 0.25) is 0 Å². The van der Waals surface area contributed by atoms with Gasteiger partial charge in [-0.2, -0.15) is 4.57 Å². The summed E-state index contributed by atoms with van der Waals surface area (Å²) >= 11 is 0. The number of benzene rings is 4. The molecular formula is C37H26F2N2O10. The SMILES string of the molecule is O=C(OCC1OC(n2ccc(=O)n(C(=O)c3ccc(F)cc3)c2=O)C(OC(=O)c2ccccc2)C1OC(=O)c1ccccc1)c1ccc(F)cc1. The van der Waals surface area contributed by atoms with Crippen LogP contribution in [-0.4, -0.2) is 57.9 Å². The van der Waals surface area contributed by atoms with E-state index in [-0.39, 0.29) is 26.8 Å². The normalized spacial score (nSPS) is 18.1. The summed E-state index contributed by atoms with van der Waals surface area (Å²) in [5.41, 5.74) is -2.28. The fraction of sp³-hybridized carbons (Fsp3) is 0.135. The predicted molar refractivity (Wildman–Crippen MR) is 173 cm³/mol. The molecule has 0 bridgehead atoms. The van der Waals surface area contributed by atoms with Crippen LogP contribution in [0.2, 0.25) is 0 Å². The smallest absolute Gasteiger partial charge is 0.340 e. The third-order valence-corrected chi connectivity index (χ3v) is 7.83. The number of halogens is 2. The molecule has 4 unspecified atom stereocenters. The molecule has 6 rings (SSSR count). The maximum Gasteiger partial charge on any atom is 0.340 e. The quantitative estimate of drug-likeness (QED) is 0.162. The van der Waals surface area contributed by atoms with Gasteiger partial charge >= 0.3 is 23.6 Å². The minimum absolute atomic E-state index is 0.0153. The van der Waals surface area contributed by atoms with Crippen molar-refractivity contribution in [2.75, 3.05) is 6.61 Å². The molecule has 51 heavy (non-hydrogen) atoms. The van der Waals surface area contributed by atoms with Crippen LogP contribution in [0.5, 0.6) is 0 Å². The molecule has 1 aliphatic heterocycles. The van der Waals surface area contributed by atoms with Crippen molar-refractivity contribution in [2.45, 2.75) is 24.5 Å². The molecule has 4 atom stereocenters. The molecule has 258 valence electrons. The van der Waals surface area contributed by atoms with Crippen molar-refractivity contribution in [3.05, 3.63) is 176 Å². The van der Waals surface area contributed by atoms with E-state index in [1.54, 1.807) is 36.4 Å². The molecule has 1 fully saturated rings. The van der Waals surface area contributed by atoms with Crippen molar-refractivity contribution >= 4 is 23.8 Å². The second-order valence-electron chi connectivity index (χ2n) is 11.1. The van der Waals surface area contributed by atoms with Crippen LogP contribution in [-0.2, 0) is 18.9 Å². The zero-order valence-electron chi connectivity index (χ0n) is 26.3. The number of ether oxygens (including phenoxy) is 4. The lowest BCUT2D eigenvalue weighted by atomic mass is 10.1. The Bertz CT molecular complexity index is 2190. The number of esters is 3. The molecule has 0 saturated carbocycles. The molecular weight excluding hydrogens is 670 g/mol. The molecule has 12 nitrogen and oxygen atoms in total. The summed E-state index contributed by atoms with van der Waals surface area (Å²) in [5, 5.41) is 0. The van der Waals surface area contributed by atoms with Crippen LogP contribution >= 0.6 is 0 Å². The standard InChI is InChI=1S/C37H26F2N2O10/c38-26-15-11-22(12-16-26)32(43)41-29(42)19-20-40(37(41)47)33-31(51-36(46)24-9-5-2-6-10-24)30(50-35(45)23-7-3-1-4-8-23)28(49-33)21-48-34(44)25-13-17-27(39)18-14-25/h1-20,28,30-31,33H,21H2. The molecule has 4 aromatic carbocycles. The van der Waals surface area contributed by atoms with Crippen molar-refractivity contribution in [3.8, 4) is 0 Å². The van der Waals surface area contributed by atoms with Crippen molar-refractivity contribution < 1.29 is 46.9 Å². The first-order valence-corrected chi connectivity index (χ1v) is 15.4. The Labute approximate surface area is 287 Å². The lowest BCUT2D eigenvalue weighted by Gasteiger charge is -2.25. The Kier molecular flexibility index (Phi) is 10.0. The molecule has 2 heterocycles. The van der Waals surface area contributed by atoms with Crippen LogP contribution in [0.1, 0.15) is 47.7 Å². The van der Waals surface area contributed by atoms with E-state index in [0.717, 1.165) is 53.2 Å². The van der Waals surface area contributed by atoms with Crippen molar-refractivity contribution in [1.82, 2.24) is 9.13 Å². The zero-order chi connectivity index (χ0) is 36.1. The van der Waals surface area contributed by atoms with E-state index in [1.165, 1.54) is 36.4 Å². The van der Waals surface area contributed by atoms with Gasteiger partial charge in [-0.1, -0.05) is 36.4 Å². The number of carbonyl (C=O) groups excluding carboxylic acids is 4. The molecule has 0 spiro atoms. The number of rotatable bonds is 9. The first-order valence-electron chi connectivity index (χ1n) is 15.4. The lowest BCUT2D eigenvalue weighted by Crippen LogP contribution is -2.47. The fourth-order valence-corrected chi connectivity index (χ4v) is 5.29. The first-order chi connectivity index (χ1) is 24.6. The van der Waals surface area contributed by atoms with Crippen LogP contribution in [0, 0.1) is 11.6 Å². The van der Waals surface area contributed by atoms with Crippen LogP contribution in [0.15, 0.2) is 131 Å². The van der Waals surface area contributed by atoms with Crippen LogP contribution in [0.3, 0.4) is 0 Å². The highest BCUT2D eigenvalue weighted by Crippen LogP contribution is 2.35. The third kappa shape index (κ3) is 7.55. The van der Waals surface area contributed by atoms with E-state index < -0.39 is 77.8 Å². The van der Waals surface area contributed by atoms with E-state index in [1.807, 2.05) is 0 Å². The van der Waals surface area contributed by atoms with Crippen LogP contribution in [0.4, 0.5) is 8.78 Å². The Morgan fingerprint density at radius 3 is 1.65 bits per heavy atom. The minimum atomic E-state index is -1.67. The van der Waals surface area contributed by atoms with Crippen molar-refractivity contribution in [1.29, 1.82) is 0 Å². The van der Waals surface area contributed by atoms with Gasteiger partial charge < -0.3 is 18.9 Å². The maximum absolute atomic E-state index is 13.9. The number of hydrogen-bond acceptors (Lipinski definition) is 10. The van der Waals surface area contributed by atoms with Crippen LogP contribution in [0.25, 0.3) is 0 Å². The van der Waals surface area contributed by atoms with Crippen molar-refractivity contribution in [3.63, 3.8) is 0 Å². The summed E-state index contributed by atoms with van der Waals surface area (Å²) in [6, 6.07) is 25.0. The predicted octanol–water partition coefficient (Wildman–Crippen LogP) is 4.18. The second kappa shape index (κ2) is 14.9. The van der Waals surface area contributed by atoms with Crippen molar-refractivity contribution in [2.24, 2.45) is 0 Å². The van der Waals surface area contributed by atoms with E-state index in [4.69, 9.17) is 18.9 Å². The monoisotopic (exact) mass is 696 g/mol. The lowest BCUT2D eigenvalue weighted by molar-refractivity contribution is -0.0643. The minimum Gasteiger partial charge on any atom is -0.459 e. The summed E-state index contributed by atoms with van der Waals surface area (Å²) in [6.07, 6.45) is -5.25. The van der Waals surface area contributed by atoms with Gasteiger partial charge in [0.25, 0.3) is 11.5 Å². The Balaban J connectivity index is 1.41. The average molecular weight is 697 g/mol. The highest BCUT2D eigenvalue weighted by atomic mass is 19.1. The molecule has 14 heteroatoms. The fourth-order valence-electron chi connectivity index (χ4n) is 5.29. The highest BCUT2D eigenvalue weighted by molar-refractivity contribution is 5.95. The third-order valence-electron chi connectivity index (χ3n) is 7.83. The molecule has 0 amide bonds. The van der Waals surface area contributed by atoms with Gasteiger partial charge in [-0.25, -0.2) is 28.0 Å². The van der Waals surface area contributed by atoms with E-state index in [2.05, 4.69) is 0 Å². The number of nitrogens with zero attached hydrogens (tertiary/aromatic N) is 2. The Morgan fingerprint density at radius 2 is 1.10 bits per heavy atom. The van der Waals surface area contributed by atoms with E-state index in [9.17, 15) is 37.5 Å². The van der Waals surface area contributed by atoms with Gasteiger partial charge in [-0.3, -0.25) is 14.2 Å². The van der Waals surface area contributed by atoms with Gasteiger partial charge in [-0.05, 0) is 72.8 Å². The average Bonchev–Trinajstić information content (AvgIpc) is 3.47. The maximum atomic E-state index is 13.9.